The fraction of sp³-hybridized carbons (Fsp3) is 0.385. The summed E-state index contributed by atoms with van der Waals surface area (Å²) in [5, 5.41) is 0. The summed E-state index contributed by atoms with van der Waals surface area (Å²) in [6.07, 6.45) is 0. The zero-order chi connectivity index (χ0) is 14.2. The molecule has 1 unspecified atom stereocenters. The van der Waals surface area contributed by atoms with Crippen LogP contribution in [0.4, 0.5) is 0 Å². The normalized spacial score (nSPS) is 16.7. The maximum absolute atomic E-state index is 12.1. The van der Waals surface area contributed by atoms with Crippen molar-refractivity contribution < 1.29 is 18.4 Å². The lowest BCUT2D eigenvalue weighted by Gasteiger charge is -2.27. The molecule has 2 amide bonds. The second-order valence-corrected chi connectivity index (χ2v) is 6.30. The monoisotopic (exact) mass is 281 g/mol. The molecule has 0 fully saturated rings. The van der Waals surface area contributed by atoms with Gasteiger partial charge < -0.3 is 4.55 Å². The summed E-state index contributed by atoms with van der Waals surface area (Å²) in [7, 11) is 0. The number of hydrogen-bond acceptors (Lipinski definition) is 3. The van der Waals surface area contributed by atoms with E-state index in [1.54, 1.807) is 38.1 Å². The van der Waals surface area contributed by atoms with E-state index in [0.717, 1.165) is 4.90 Å². The third-order valence-corrected chi connectivity index (χ3v) is 4.01. The standard InChI is InChI=1S/C13H15NO4S/c1-13(2,8-19(17)18)7-14-11(15)9-5-3-4-6-10(9)12(14)16/h3-6H,7-8H2,1-2H3,(H,17,18). The minimum atomic E-state index is -1.96. The van der Waals surface area contributed by atoms with Gasteiger partial charge in [-0.15, -0.1) is 0 Å². The number of fused-ring (bicyclic) bond motifs is 1. The molecular weight excluding hydrogens is 266 g/mol. The van der Waals surface area contributed by atoms with E-state index in [-0.39, 0.29) is 24.1 Å². The molecule has 102 valence electrons. The van der Waals surface area contributed by atoms with E-state index in [1.807, 2.05) is 0 Å². The number of benzene rings is 1. The Kier molecular flexibility index (Phi) is 3.56. The number of amides is 2. The predicted molar refractivity (Wildman–Crippen MR) is 71.2 cm³/mol. The minimum absolute atomic E-state index is 0.0143. The average Bonchev–Trinajstić information content (AvgIpc) is 2.53. The van der Waals surface area contributed by atoms with Crippen molar-refractivity contribution in [3.63, 3.8) is 0 Å². The number of carbonyl (C=O) groups excluding carboxylic acids is 2. The molecule has 1 aromatic carbocycles. The topological polar surface area (TPSA) is 74.7 Å². The van der Waals surface area contributed by atoms with Crippen molar-refractivity contribution in [3.05, 3.63) is 35.4 Å². The Bertz CT molecular complexity index is 533. The molecule has 19 heavy (non-hydrogen) atoms. The summed E-state index contributed by atoms with van der Waals surface area (Å²) >= 11 is -1.96. The van der Waals surface area contributed by atoms with Gasteiger partial charge >= 0.3 is 0 Å². The van der Waals surface area contributed by atoms with Crippen molar-refractivity contribution in [2.45, 2.75) is 13.8 Å². The molecule has 0 spiro atoms. The Balaban J connectivity index is 2.23. The van der Waals surface area contributed by atoms with Crippen molar-refractivity contribution in [3.8, 4) is 0 Å². The molecule has 5 nitrogen and oxygen atoms in total. The van der Waals surface area contributed by atoms with Gasteiger partial charge in [-0.25, -0.2) is 4.21 Å². The van der Waals surface area contributed by atoms with Gasteiger partial charge in [-0.2, -0.15) is 0 Å². The molecule has 0 bridgehead atoms. The highest BCUT2D eigenvalue weighted by Crippen LogP contribution is 2.27. The third kappa shape index (κ3) is 2.74. The molecule has 1 aromatic rings. The average molecular weight is 281 g/mol. The van der Waals surface area contributed by atoms with Crippen molar-refractivity contribution in [1.29, 1.82) is 0 Å². The summed E-state index contributed by atoms with van der Waals surface area (Å²) in [6.45, 7) is 3.64. The van der Waals surface area contributed by atoms with Crippen LogP contribution < -0.4 is 0 Å². The lowest BCUT2D eigenvalue weighted by Crippen LogP contribution is -2.40. The van der Waals surface area contributed by atoms with E-state index in [4.69, 9.17) is 4.55 Å². The Morgan fingerprint density at radius 2 is 1.63 bits per heavy atom. The summed E-state index contributed by atoms with van der Waals surface area (Å²) < 4.78 is 19.8. The highest BCUT2D eigenvalue weighted by Gasteiger charge is 2.38. The smallest absolute Gasteiger partial charge is 0.261 e. The molecule has 1 N–H and O–H groups in total. The van der Waals surface area contributed by atoms with E-state index in [9.17, 15) is 13.8 Å². The van der Waals surface area contributed by atoms with Crippen molar-refractivity contribution >= 4 is 22.9 Å². The van der Waals surface area contributed by atoms with Crippen LogP contribution in [-0.2, 0) is 11.1 Å². The van der Waals surface area contributed by atoms with Crippen molar-refractivity contribution in [1.82, 2.24) is 4.90 Å². The van der Waals surface area contributed by atoms with Gasteiger partial charge in [-0.1, -0.05) is 26.0 Å². The van der Waals surface area contributed by atoms with Crippen LogP contribution in [0.1, 0.15) is 34.6 Å². The van der Waals surface area contributed by atoms with Crippen LogP contribution >= 0.6 is 0 Å². The lowest BCUT2D eigenvalue weighted by molar-refractivity contribution is 0.0601. The van der Waals surface area contributed by atoms with Gasteiger partial charge in [0.25, 0.3) is 11.8 Å². The largest absolute Gasteiger partial charge is 0.306 e. The van der Waals surface area contributed by atoms with Gasteiger partial charge in [-0.3, -0.25) is 14.5 Å². The lowest BCUT2D eigenvalue weighted by atomic mass is 9.95. The number of hydrogen-bond donors (Lipinski definition) is 1. The van der Waals surface area contributed by atoms with Crippen LogP contribution in [-0.4, -0.2) is 37.8 Å². The van der Waals surface area contributed by atoms with Gasteiger partial charge in [0.15, 0.2) is 11.1 Å². The Hall–Kier alpha value is -1.53. The molecule has 2 rings (SSSR count). The summed E-state index contributed by atoms with van der Waals surface area (Å²) in [5.41, 5.74) is 0.189. The summed E-state index contributed by atoms with van der Waals surface area (Å²) in [4.78, 5) is 25.4. The molecule has 0 aliphatic carbocycles. The molecule has 0 radical (unpaired) electrons. The van der Waals surface area contributed by atoms with Crippen LogP contribution in [0.25, 0.3) is 0 Å². The zero-order valence-corrected chi connectivity index (χ0v) is 11.6. The predicted octanol–water partition coefficient (Wildman–Crippen LogP) is 1.53. The third-order valence-electron chi connectivity index (χ3n) is 2.98. The second kappa shape index (κ2) is 4.86. The highest BCUT2D eigenvalue weighted by molar-refractivity contribution is 7.79. The number of rotatable bonds is 4. The molecular formula is C13H15NO4S. The van der Waals surface area contributed by atoms with Crippen LogP contribution in [0.2, 0.25) is 0 Å². The van der Waals surface area contributed by atoms with E-state index in [2.05, 4.69) is 0 Å². The Morgan fingerprint density at radius 1 is 1.16 bits per heavy atom. The van der Waals surface area contributed by atoms with Gasteiger partial charge in [0.2, 0.25) is 0 Å². The molecule has 0 saturated carbocycles. The molecule has 1 aliphatic heterocycles. The molecule has 0 saturated heterocycles. The maximum Gasteiger partial charge on any atom is 0.261 e. The Labute approximate surface area is 113 Å². The quantitative estimate of drug-likeness (QED) is 0.671. The molecule has 1 atom stereocenters. The number of carbonyl (C=O) groups is 2. The van der Waals surface area contributed by atoms with E-state index in [1.165, 1.54) is 0 Å². The Morgan fingerprint density at radius 3 is 2.05 bits per heavy atom. The SMILES string of the molecule is CC(C)(CN1C(=O)c2ccccc2C1=O)CS(=O)O. The first kappa shape index (κ1) is 13.9. The second-order valence-electron chi connectivity index (χ2n) is 5.37. The first-order chi connectivity index (χ1) is 8.82. The molecule has 1 heterocycles. The molecule has 1 aliphatic rings. The first-order valence-corrected chi connectivity index (χ1v) is 7.12. The van der Waals surface area contributed by atoms with Crippen LogP contribution in [0, 0.1) is 5.41 Å². The fourth-order valence-electron chi connectivity index (χ4n) is 2.19. The fourth-order valence-corrected chi connectivity index (χ4v) is 2.95. The van der Waals surface area contributed by atoms with Gasteiger partial charge in [0.05, 0.1) is 16.9 Å². The van der Waals surface area contributed by atoms with E-state index < -0.39 is 16.5 Å². The van der Waals surface area contributed by atoms with Gasteiger partial charge in [-0.05, 0) is 17.5 Å². The number of imide groups is 1. The summed E-state index contributed by atoms with van der Waals surface area (Å²) in [5.74, 6) is -0.657. The van der Waals surface area contributed by atoms with Gasteiger partial charge in [0, 0.05) is 6.54 Å². The highest BCUT2D eigenvalue weighted by atomic mass is 32.2. The van der Waals surface area contributed by atoms with Crippen LogP contribution in [0.5, 0.6) is 0 Å². The van der Waals surface area contributed by atoms with Crippen LogP contribution in [0.3, 0.4) is 0 Å². The minimum Gasteiger partial charge on any atom is -0.306 e. The maximum atomic E-state index is 12.1. The van der Waals surface area contributed by atoms with E-state index >= 15 is 0 Å². The molecule has 6 heteroatoms. The first-order valence-electron chi connectivity index (χ1n) is 5.84. The van der Waals surface area contributed by atoms with Crippen LogP contribution in [0.15, 0.2) is 24.3 Å². The summed E-state index contributed by atoms with van der Waals surface area (Å²) in [6, 6.07) is 6.66. The zero-order valence-electron chi connectivity index (χ0n) is 10.8. The van der Waals surface area contributed by atoms with Gasteiger partial charge in [0.1, 0.15) is 0 Å². The van der Waals surface area contributed by atoms with Crippen molar-refractivity contribution in [2.75, 3.05) is 12.3 Å². The molecule has 0 aromatic heterocycles. The number of nitrogens with zero attached hydrogens (tertiary/aromatic N) is 1. The van der Waals surface area contributed by atoms with Crippen molar-refractivity contribution in [2.24, 2.45) is 5.41 Å². The van der Waals surface area contributed by atoms with E-state index in [0.29, 0.717) is 11.1 Å².